The first-order valence-corrected chi connectivity index (χ1v) is 5.29. The Morgan fingerprint density at radius 3 is 2.58 bits per heavy atom. The highest BCUT2D eigenvalue weighted by Crippen LogP contribution is 2.39. The quantitative estimate of drug-likeness (QED) is 0.440. The molecule has 0 aliphatic heterocycles. The molecule has 0 aliphatic rings. The maximum atomic E-state index is 10.4. The van der Waals surface area contributed by atoms with Gasteiger partial charge in [-0.15, -0.1) is 0 Å². The van der Waals surface area contributed by atoms with Crippen molar-refractivity contribution in [3.8, 4) is 6.07 Å². The third-order valence-corrected chi connectivity index (χ3v) is 4.23. The van der Waals surface area contributed by atoms with E-state index >= 15 is 0 Å². The zero-order valence-electron chi connectivity index (χ0n) is 5.38. The second-order valence-electron chi connectivity index (χ2n) is 1.74. The van der Waals surface area contributed by atoms with Gasteiger partial charge in [-0.2, -0.15) is 5.26 Å². The number of hydrogen-bond acceptors (Lipinski definition) is 4. The number of nitrogens with zero attached hydrogens (tertiary/aromatic N) is 2. The van der Waals surface area contributed by atoms with Crippen LogP contribution in [-0.2, 0) is 0 Å². The fourth-order valence-corrected chi connectivity index (χ4v) is 3.46. The van der Waals surface area contributed by atoms with E-state index in [1.807, 2.05) is 28.7 Å². The lowest BCUT2D eigenvalue weighted by Gasteiger charge is -1.83. The van der Waals surface area contributed by atoms with E-state index in [4.69, 9.17) is 5.26 Å². The van der Waals surface area contributed by atoms with Crippen molar-refractivity contribution in [2.24, 2.45) is 0 Å². The van der Waals surface area contributed by atoms with Crippen LogP contribution in [0.4, 0.5) is 5.00 Å². The van der Waals surface area contributed by atoms with Crippen LogP contribution in [0.3, 0.4) is 0 Å². The fourth-order valence-electron chi connectivity index (χ4n) is 0.584. The van der Waals surface area contributed by atoms with Crippen molar-refractivity contribution in [2.45, 2.75) is 0 Å². The molecule has 0 radical (unpaired) electrons. The van der Waals surface area contributed by atoms with Gasteiger partial charge in [0.25, 0.3) is 0 Å². The first-order valence-electron chi connectivity index (χ1n) is 2.60. The van der Waals surface area contributed by atoms with Crippen molar-refractivity contribution >= 4 is 54.9 Å². The smallest absolute Gasteiger partial charge is 0.258 e. The van der Waals surface area contributed by atoms with Crippen LogP contribution in [0.5, 0.6) is 0 Å². The van der Waals surface area contributed by atoms with E-state index in [2.05, 4.69) is 15.9 Å². The predicted molar refractivity (Wildman–Crippen MR) is 56.1 cm³/mol. The van der Waals surface area contributed by atoms with Crippen LogP contribution in [0.15, 0.2) is 4.47 Å². The molecule has 1 aromatic rings. The molecule has 0 bridgehead atoms. The number of nitro groups is 1. The summed E-state index contributed by atoms with van der Waals surface area (Å²) in [6, 6.07) is 1.89. The summed E-state index contributed by atoms with van der Waals surface area (Å²) in [6.07, 6.45) is 0. The van der Waals surface area contributed by atoms with Crippen molar-refractivity contribution in [3.05, 3.63) is 23.0 Å². The van der Waals surface area contributed by atoms with E-state index in [1.54, 1.807) is 0 Å². The second kappa shape index (κ2) is 3.68. The Hall–Kier alpha value is -0.200. The Morgan fingerprint density at radius 2 is 2.33 bits per heavy atom. The van der Waals surface area contributed by atoms with Crippen LogP contribution in [0.25, 0.3) is 0 Å². The number of halogens is 2. The molecule has 0 aromatic carbocycles. The molecule has 1 heterocycles. The van der Waals surface area contributed by atoms with Gasteiger partial charge in [0.2, 0.25) is 0 Å². The molecular weight excluding hydrogens is 359 g/mol. The van der Waals surface area contributed by atoms with Crippen LogP contribution in [0.2, 0.25) is 0 Å². The summed E-state index contributed by atoms with van der Waals surface area (Å²) >= 11 is 5.90. The van der Waals surface area contributed by atoms with E-state index < -0.39 is 4.92 Å². The maximum absolute atomic E-state index is 10.4. The molecule has 4 nitrogen and oxygen atoms in total. The Bertz CT molecular complexity index is 384. The fraction of sp³-hybridized carbons (Fsp3) is 0. The molecule has 0 unspecified atom stereocenters. The Morgan fingerprint density at radius 1 is 1.75 bits per heavy atom. The van der Waals surface area contributed by atoms with Crippen molar-refractivity contribution in [1.82, 2.24) is 0 Å². The molecule has 12 heavy (non-hydrogen) atoms. The van der Waals surface area contributed by atoms with Gasteiger partial charge in [-0.1, -0.05) is 11.3 Å². The number of hydrogen-bond donors (Lipinski definition) is 0. The Balaban J connectivity index is 3.39. The van der Waals surface area contributed by atoms with Crippen LogP contribution in [0.1, 0.15) is 5.56 Å². The van der Waals surface area contributed by atoms with Crippen molar-refractivity contribution in [2.75, 3.05) is 0 Å². The second-order valence-corrected chi connectivity index (χ2v) is 5.34. The SMILES string of the molecule is N#Cc1c(I)sc([N+](=O)[O-])c1Br. The van der Waals surface area contributed by atoms with E-state index in [0.29, 0.717) is 8.45 Å². The van der Waals surface area contributed by atoms with E-state index in [0.717, 1.165) is 11.3 Å². The molecule has 0 aliphatic carbocycles. The normalized spacial score (nSPS) is 9.42. The minimum absolute atomic E-state index is 0.0176. The first kappa shape index (κ1) is 9.88. The summed E-state index contributed by atoms with van der Waals surface area (Å²) < 4.78 is 0.915. The minimum Gasteiger partial charge on any atom is -0.258 e. The molecule has 0 spiro atoms. The molecule has 0 amide bonds. The summed E-state index contributed by atoms with van der Waals surface area (Å²) in [6.45, 7) is 0. The molecule has 0 N–H and O–H groups in total. The van der Waals surface area contributed by atoms with Gasteiger partial charge < -0.3 is 0 Å². The topological polar surface area (TPSA) is 66.9 Å². The molecule has 0 saturated heterocycles. The number of rotatable bonds is 1. The maximum Gasteiger partial charge on any atom is 0.340 e. The highest BCUT2D eigenvalue weighted by molar-refractivity contribution is 14.1. The van der Waals surface area contributed by atoms with Crippen LogP contribution in [-0.4, -0.2) is 4.92 Å². The highest BCUT2D eigenvalue weighted by atomic mass is 127. The van der Waals surface area contributed by atoms with Gasteiger partial charge in [0.1, 0.15) is 10.5 Å². The van der Waals surface area contributed by atoms with Gasteiger partial charge in [-0.3, -0.25) is 10.1 Å². The lowest BCUT2D eigenvalue weighted by atomic mass is 10.4. The molecule has 62 valence electrons. The van der Waals surface area contributed by atoms with E-state index in [1.165, 1.54) is 0 Å². The third-order valence-electron chi connectivity index (χ3n) is 1.07. The average Bonchev–Trinajstić information content (AvgIpc) is 2.27. The summed E-state index contributed by atoms with van der Waals surface area (Å²) in [4.78, 5) is 9.87. The highest BCUT2D eigenvalue weighted by Gasteiger charge is 2.22. The largest absolute Gasteiger partial charge is 0.340 e. The standard InChI is InChI=1S/C5BrIN2O2S/c6-3-2(1-8)4(7)12-5(3)9(10)11. The van der Waals surface area contributed by atoms with Crippen molar-refractivity contribution in [1.29, 1.82) is 5.26 Å². The zero-order valence-corrected chi connectivity index (χ0v) is 9.94. The first-order chi connectivity index (χ1) is 5.57. The molecule has 1 aromatic heterocycles. The number of thiophene rings is 1. The van der Waals surface area contributed by atoms with Gasteiger partial charge in [0.15, 0.2) is 0 Å². The van der Waals surface area contributed by atoms with Gasteiger partial charge in [-0.05, 0) is 38.5 Å². The lowest BCUT2D eigenvalue weighted by Crippen LogP contribution is -1.83. The summed E-state index contributed by atoms with van der Waals surface area (Å²) in [5.74, 6) is 0. The van der Waals surface area contributed by atoms with E-state index in [9.17, 15) is 10.1 Å². The Kier molecular flexibility index (Phi) is 3.03. The Labute approximate surface area is 93.6 Å². The zero-order chi connectivity index (χ0) is 9.30. The van der Waals surface area contributed by atoms with Crippen LogP contribution >= 0.6 is 49.9 Å². The minimum atomic E-state index is -0.502. The predicted octanol–water partition coefficient (Wildman–Crippen LogP) is 2.90. The van der Waals surface area contributed by atoms with Gasteiger partial charge in [0.05, 0.1) is 13.4 Å². The molecule has 1 rings (SSSR count). The molecule has 7 heteroatoms. The van der Waals surface area contributed by atoms with Crippen LogP contribution in [0, 0.1) is 24.3 Å². The van der Waals surface area contributed by atoms with Crippen LogP contribution < -0.4 is 0 Å². The number of nitriles is 1. The summed E-state index contributed by atoms with van der Waals surface area (Å²) in [5, 5.41) is 19.0. The molecule has 0 saturated carbocycles. The lowest BCUT2D eigenvalue weighted by molar-refractivity contribution is -0.381. The van der Waals surface area contributed by atoms with Crippen molar-refractivity contribution in [3.63, 3.8) is 0 Å². The van der Waals surface area contributed by atoms with Gasteiger partial charge in [0, 0.05) is 0 Å². The molecule has 0 atom stereocenters. The van der Waals surface area contributed by atoms with Crippen molar-refractivity contribution < 1.29 is 4.92 Å². The van der Waals surface area contributed by atoms with Gasteiger partial charge in [-0.25, -0.2) is 0 Å². The average molecular weight is 359 g/mol. The van der Waals surface area contributed by atoms with E-state index in [-0.39, 0.29) is 9.47 Å². The molecular formula is C5BrIN2O2S. The molecule has 0 fully saturated rings. The summed E-state index contributed by atoms with van der Waals surface area (Å²) in [7, 11) is 0. The monoisotopic (exact) mass is 358 g/mol. The third kappa shape index (κ3) is 1.60. The summed E-state index contributed by atoms with van der Waals surface area (Å²) in [5.41, 5.74) is 0.340. The van der Waals surface area contributed by atoms with Gasteiger partial charge >= 0.3 is 5.00 Å².